The molecule has 3 aromatic rings. The van der Waals surface area contributed by atoms with Crippen molar-refractivity contribution in [1.82, 2.24) is 19.7 Å². The fraction of sp³-hybridized carbons (Fsp3) is 0.333. The number of nitriles is 1. The predicted molar refractivity (Wildman–Crippen MR) is 102 cm³/mol. The van der Waals surface area contributed by atoms with Gasteiger partial charge < -0.3 is 14.3 Å². The molecule has 0 spiro atoms. The number of thioether (sulfide) groups is 1. The Morgan fingerprint density at radius 2 is 2.30 bits per heavy atom. The second kappa shape index (κ2) is 8.14. The highest BCUT2D eigenvalue weighted by molar-refractivity contribution is 7.99. The zero-order valence-electron chi connectivity index (χ0n) is 15.4. The summed E-state index contributed by atoms with van der Waals surface area (Å²) < 4.78 is 7.30. The number of aromatic amines is 1. The molecule has 0 saturated heterocycles. The molecule has 0 aliphatic heterocycles. The van der Waals surface area contributed by atoms with E-state index < -0.39 is 0 Å². The van der Waals surface area contributed by atoms with Crippen LogP contribution in [-0.4, -0.2) is 31.4 Å². The minimum atomic E-state index is -0.224. The molecule has 8 nitrogen and oxygen atoms in total. The van der Waals surface area contributed by atoms with Crippen molar-refractivity contribution in [3.8, 4) is 6.07 Å². The molecular formula is C18H20N6O2S. The summed E-state index contributed by atoms with van der Waals surface area (Å²) in [4.78, 5) is 16.7. The largest absolute Gasteiger partial charge is 0.467 e. The Bertz CT molecular complexity index is 981. The number of anilines is 1. The van der Waals surface area contributed by atoms with Gasteiger partial charge in [-0.05, 0) is 31.5 Å². The van der Waals surface area contributed by atoms with E-state index in [0.29, 0.717) is 23.1 Å². The molecule has 0 radical (unpaired) electrons. The molecule has 2 N–H and O–H groups in total. The van der Waals surface area contributed by atoms with Crippen molar-refractivity contribution >= 4 is 23.5 Å². The molecular weight excluding hydrogens is 364 g/mol. The lowest BCUT2D eigenvalue weighted by molar-refractivity contribution is -0.113. The Labute approximate surface area is 161 Å². The minimum Gasteiger partial charge on any atom is -0.467 e. The number of H-pyrrole nitrogens is 1. The number of aryl methyl sites for hydroxylation is 1. The van der Waals surface area contributed by atoms with Crippen molar-refractivity contribution in [3.63, 3.8) is 0 Å². The van der Waals surface area contributed by atoms with Crippen LogP contribution in [0.2, 0.25) is 0 Å². The number of aromatic nitrogens is 4. The van der Waals surface area contributed by atoms with E-state index in [9.17, 15) is 10.1 Å². The lowest BCUT2D eigenvalue weighted by Crippen LogP contribution is -2.18. The van der Waals surface area contributed by atoms with Crippen molar-refractivity contribution < 1.29 is 9.21 Å². The quantitative estimate of drug-likeness (QED) is 0.606. The van der Waals surface area contributed by atoms with Gasteiger partial charge in [0.2, 0.25) is 11.1 Å². The number of amides is 1. The van der Waals surface area contributed by atoms with Gasteiger partial charge in [0.15, 0.2) is 0 Å². The Kier molecular flexibility index (Phi) is 5.66. The van der Waals surface area contributed by atoms with Crippen LogP contribution in [-0.2, 0) is 17.8 Å². The van der Waals surface area contributed by atoms with Gasteiger partial charge in [0.1, 0.15) is 23.5 Å². The van der Waals surface area contributed by atoms with Gasteiger partial charge in [0.25, 0.3) is 0 Å². The van der Waals surface area contributed by atoms with E-state index in [4.69, 9.17) is 4.42 Å². The second-order valence-corrected chi connectivity index (χ2v) is 6.91. The normalized spacial score (nSPS) is 10.7. The van der Waals surface area contributed by atoms with Gasteiger partial charge in [-0.3, -0.25) is 9.89 Å². The minimum absolute atomic E-state index is 0.149. The van der Waals surface area contributed by atoms with Gasteiger partial charge in [-0.25, -0.2) is 4.98 Å². The second-order valence-electron chi connectivity index (χ2n) is 5.97. The van der Waals surface area contributed by atoms with Crippen LogP contribution in [0.3, 0.4) is 0 Å². The van der Waals surface area contributed by atoms with Gasteiger partial charge in [-0.15, -0.1) is 5.10 Å². The molecule has 0 bridgehead atoms. The molecule has 1 amide bonds. The molecule has 3 aromatic heterocycles. The average Bonchev–Trinajstić information content (AvgIpc) is 3.38. The maximum atomic E-state index is 12.5. The van der Waals surface area contributed by atoms with Gasteiger partial charge in [-0.2, -0.15) is 5.26 Å². The summed E-state index contributed by atoms with van der Waals surface area (Å²) in [5.74, 6) is 1.94. The highest BCUT2D eigenvalue weighted by atomic mass is 32.2. The zero-order chi connectivity index (χ0) is 19.4. The molecule has 3 rings (SSSR count). The number of hydrogen-bond acceptors (Lipinski definition) is 6. The highest BCUT2D eigenvalue weighted by Crippen LogP contribution is 2.27. The van der Waals surface area contributed by atoms with E-state index in [-0.39, 0.29) is 11.7 Å². The van der Waals surface area contributed by atoms with E-state index >= 15 is 0 Å². The average molecular weight is 384 g/mol. The summed E-state index contributed by atoms with van der Waals surface area (Å²) in [5.41, 5.74) is 2.21. The van der Waals surface area contributed by atoms with Crippen molar-refractivity contribution in [1.29, 1.82) is 5.26 Å². The standard InChI is InChI=1S/C18H20N6O2S/c1-4-15-20-18(23-22-15)27-10-16(25)21-17-14(8-19)11(2)12(3)24(17)9-13-6-5-7-26-13/h5-7H,4,9-10H2,1-3H3,(H,21,25)(H,20,22,23). The predicted octanol–water partition coefficient (Wildman–Crippen LogP) is 3.03. The van der Waals surface area contributed by atoms with Gasteiger partial charge >= 0.3 is 0 Å². The first-order chi connectivity index (χ1) is 13.0. The van der Waals surface area contributed by atoms with Crippen LogP contribution >= 0.6 is 11.8 Å². The number of furan rings is 1. The van der Waals surface area contributed by atoms with E-state index in [1.54, 1.807) is 6.26 Å². The summed E-state index contributed by atoms with van der Waals surface area (Å²) in [6.45, 7) is 6.20. The molecule has 0 fully saturated rings. The Balaban J connectivity index is 1.77. The maximum absolute atomic E-state index is 12.5. The number of rotatable bonds is 7. The fourth-order valence-electron chi connectivity index (χ4n) is 2.69. The Hall–Kier alpha value is -2.99. The summed E-state index contributed by atoms with van der Waals surface area (Å²) in [6, 6.07) is 5.86. The maximum Gasteiger partial charge on any atom is 0.235 e. The first-order valence-corrected chi connectivity index (χ1v) is 9.48. The summed E-state index contributed by atoms with van der Waals surface area (Å²) in [6.07, 6.45) is 2.35. The van der Waals surface area contributed by atoms with Crippen LogP contribution in [0.4, 0.5) is 5.82 Å². The van der Waals surface area contributed by atoms with Crippen LogP contribution in [0.1, 0.15) is 35.3 Å². The highest BCUT2D eigenvalue weighted by Gasteiger charge is 2.20. The number of hydrogen-bond donors (Lipinski definition) is 2. The number of carbonyl (C=O) groups excluding carboxylic acids is 1. The monoisotopic (exact) mass is 384 g/mol. The molecule has 0 saturated carbocycles. The number of nitrogens with one attached hydrogen (secondary N) is 2. The zero-order valence-corrected chi connectivity index (χ0v) is 16.2. The first-order valence-electron chi connectivity index (χ1n) is 8.49. The molecule has 27 heavy (non-hydrogen) atoms. The third kappa shape index (κ3) is 4.06. The molecule has 0 atom stereocenters. The van der Waals surface area contributed by atoms with Gasteiger partial charge in [0.05, 0.1) is 24.1 Å². The lowest BCUT2D eigenvalue weighted by atomic mass is 10.2. The van der Waals surface area contributed by atoms with Crippen LogP contribution in [0.5, 0.6) is 0 Å². The van der Waals surface area contributed by atoms with E-state index in [0.717, 1.165) is 29.3 Å². The summed E-state index contributed by atoms with van der Waals surface area (Å²) in [5, 5.41) is 19.8. The summed E-state index contributed by atoms with van der Waals surface area (Å²) >= 11 is 1.24. The van der Waals surface area contributed by atoms with Crippen LogP contribution in [0.15, 0.2) is 28.0 Å². The van der Waals surface area contributed by atoms with Crippen molar-refractivity contribution in [2.75, 3.05) is 11.1 Å². The molecule has 9 heteroatoms. The van der Waals surface area contributed by atoms with Crippen molar-refractivity contribution in [3.05, 3.63) is 46.8 Å². The SMILES string of the molecule is CCc1nc(SCC(=O)Nc2c(C#N)c(C)c(C)n2Cc2ccco2)n[nH]1. The third-order valence-corrected chi connectivity index (χ3v) is 5.12. The molecule has 3 heterocycles. The Morgan fingerprint density at radius 3 is 2.93 bits per heavy atom. The van der Waals surface area contributed by atoms with E-state index in [2.05, 4.69) is 26.6 Å². The molecule has 0 aliphatic rings. The van der Waals surface area contributed by atoms with Gasteiger partial charge in [0, 0.05) is 12.1 Å². The molecule has 0 unspecified atom stereocenters. The van der Waals surface area contributed by atoms with Crippen LogP contribution in [0.25, 0.3) is 0 Å². The topological polar surface area (TPSA) is 113 Å². The molecule has 0 aliphatic carbocycles. The lowest BCUT2D eigenvalue weighted by Gasteiger charge is -2.11. The van der Waals surface area contributed by atoms with E-state index in [1.165, 1.54) is 11.8 Å². The number of nitrogens with zero attached hydrogens (tertiary/aromatic N) is 4. The molecule has 0 aromatic carbocycles. The third-order valence-electron chi connectivity index (χ3n) is 4.27. The fourth-order valence-corrected chi connectivity index (χ4v) is 3.30. The Morgan fingerprint density at radius 1 is 1.48 bits per heavy atom. The first kappa shape index (κ1) is 18.8. The van der Waals surface area contributed by atoms with Crippen molar-refractivity contribution in [2.45, 2.75) is 38.9 Å². The van der Waals surface area contributed by atoms with E-state index in [1.807, 2.05) is 37.5 Å². The smallest absolute Gasteiger partial charge is 0.235 e. The van der Waals surface area contributed by atoms with Crippen LogP contribution in [0, 0.1) is 25.2 Å². The van der Waals surface area contributed by atoms with Crippen molar-refractivity contribution in [2.24, 2.45) is 0 Å². The summed E-state index contributed by atoms with van der Waals surface area (Å²) in [7, 11) is 0. The number of carbonyl (C=O) groups is 1. The molecule has 140 valence electrons. The van der Waals surface area contributed by atoms with Gasteiger partial charge in [-0.1, -0.05) is 18.7 Å². The van der Waals surface area contributed by atoms with Crippen LogP contribution < -0.4 is 5.32 Å².